The van der Waals surface area contributed by atoms with Gasteiger partial charge in [-0.25, -0.2) is 0 Å². The molecule has 1 aliphatic heterocycles. The summed E-state index contributed by atoms with van der Waals surface area (Å²) in [5, 5.41) is 6.62. The van der Waals surface area contributed by atoms with Gasteiger partial charge in [-0.15, -0.1) is 0 Å². The van der Waals surface area contributed by atoms with Gasteiger partial charge in [-0.1, -0.05) is 23.2 Å². The van der Waals surface area contributed by atoms with E-state index in [1.54, 1.807) is 19.2 Å². The summed E-state index contributed by atoms with van der Waals surface area (Å²) >= 11 is 11.8. The second kappa shape index (κ2) is 3.42. The van der Waals surface area contributed by atoms with Gasteiger partial charge >= 0.3 is 0 Å². The van der Waals surface area contributed by atoms with Crippen LogP contribution in [0.1, 0.15) is 11.6 Å². The molecule has 1 aromatic carbocycles. The predicted molar refractivity (Wildman–Crippen MR) is 56.9 cm³/mol. The fraction of sp³-hybridized carbons (Fsp3) is 0.222. The molecule has 5 heteroatoms. The quantitative estimate of drug-likeness (QED) is 0.777. The number of hydrogen-bond donors (Lipinski definition) is 2. The molecular formula is C9H8Cl2N2O. The highest BCUT2D eigenvalue weighted by molar-refractivity contribution is 6.36. The summed E-state index contributed by atoms with van der Waals surface area (Å²) in [6.07, 6.45) is 0. The summed E-state index contributed by atoms with van der Waals surface area (Å²) in [5.74, 6) is -0.105. The summed E-state index contributed by atoms with van der Waals surface area (Å²) in [4.78, 5) is 11.5. The van der Waals surface area contributed by atoms with Gasteiger partial charge in [0.05, 0.1) is 0 Å². The van der Waals surface area contributed by atoms with Crippen LogP contribution in [0.4, 0.5) is 5.69 Å². The highest BCUT2D eigenvalue weighted by atomic mass is 35.5. The van der Waals surface area contributed by atoms with Gasteiger partial charge in [0.1, 0.15) is 6.04 Å². The van der Waals surface area contributed by atoms with Crippen LogP contribution in [0.3, 0.4) is 0 Å². The van der Waals surface area contributed by atoms with Crippen LogP contribution < -0.4 is 10.6 Å². The van der Waals surface area contributed by atoms with Crippen LogP contribution in [-0.4, -0.2) is 13.0 Å². The topological polar surface area (TPSA) is 41.1 Å². The Morgan fingerprint density at radius 3 is 2.79 bits per heavy atom. The lowest BCUT2D eigenvalue weighted by atomic mass is 10.1. The molecule has 2 rings (SSSR count). The monoisotopic (exact) mass is 230 g/mol. The number of carbonyl (C=O) groups excluding carboxylic acids is 1. The highest BCUT2D eigenvalue weighted by Gasteiger charge is 2.31. The maximum absolute atomic E-state index is 11.5. The molecule has 0 saturated heterocycles. The summed E-state index contributed by atoms with van der Waals surface area (Å²) < 4.78 is 0. The Bertz CT molecular complexity index is 406. The first-order chi connectivity index (χ1) is 6.63. The van der Waals surface area contributed by atoms with Gasteiger partial charge in [0.2, 0.25) is 5.91 Å². The molecule has 1 aliphatic rings. The number of nitrogens with one attached hydrogen (secondary N) is 2. The lowest BCUT2D eigenvalue weighted by Gasteiger charge is -2.08. The lowest BCUT2D eigenvalue weighted by Crippen LogP contribution is -2.23. The third-order valence-corrected chi connectivity index (χ3v) is 2.72. The number of hydrogen-bond acceptors (Lipinski definition) is 2. The van der Waals surface area contributed by atoms with Gasteiger partial charge in [-0.2, -0.15) is 0 Å². The van der Waals surface area contributed by atoms with Crippen LogP contribution in [0.2, 0.25) is 10.0 Å². The van der Waals surface area contributed by atoms with Crippen molar-refractivity contribution < 1.29 is 4.79 Å². The van der Waals surface area contributed by atoms with E-state index in [0.29, 0.717) is 15.7 Å². The smallest absolute Gasteiger partial charge is 0.246 e. The van der Waals surface area contributed by atoms with Crippen molar-refractivity contribution >= 4 is 34.8 Å². The van der Waals surface area contributed by atoms with Crippen LogP contribution >= 0.6 is 23.2 Å². The second-order valence-electron chi connectivity index (χ2n) is 3.06. The normalized spacial score (nSPS) is 19.4. The molecule has 0 bridgehead atoms. The van der Waals surface area contributed by atoms with Crippen LogP contribution in [-0.2, 0) is 4.79 Å². The van der Waals surface area contributed by atoms with Gasteiger partial charge in [-0.05, 0) is 19.2 Å². The molecule has 2 N–H and O–H groups in total. The van der Waals surface area contributed by atoms with Crippen LogP contribution in [0.5, 0.6) is 0 Å². The van der Waals surface area contributed by atoms with E-state index in [1.165, 1.54) is 0 Å². The Morgan fingerprint density at radius 1 is 1.43 bits per heavy atom. The Balaban J connectivity index is 2.58. The molecule has 0 aromatic heterocycles. The zero-order valence-corrected chi connectivity index (χ0v) is 8.91. The lowest BCUT2D eigenvalue weighted by molar-refractivity contribution is -0.117. The van der Waals surface area contributed by atoms with Crippen molar-refractivity contribution in [3.8, 4) is 0 Å². The zero-order chi connectivity index (χ0) is 10.3. The Kier molecular flexibility index (Phi) is 2.39. The first-order valence-corrected chi connectivity index (χ1v) is 4.86. The van der Waals surface area contributed by atoms with Crippen molar-refractivity contribution in [2.75, 3.05) is 12.4 Å². The van der Waals surface area contributed by atoms with E-state index in [0.717, 1.165) is 5.56 Å². The average Bonchev–Trinajstić information content (AvgIpc) is 2.40. The molecular weight excluding hydrogens is 223 g/mol. The van der Waals surface area contributed by atoms with Crippen LogP contribution in [0.25, 0.3) is 0 Å². The zero-order valence-electron chi connectivity index (χ0n) is 7.40. The minimum Gasteiger partial charge on any atom is -0.324 e. The van der Waals surface area contributed by atoms with E-state index in [2.05, 4.69) is 10.6 Å². The second-order valence-corrected chi connectivity index (χ2v) is 3.90. The van der Waals surface area contributed by atoms with Gasteiger partial charge in [0.15, 0.2) is 0 Å². The SMILES string of the molecule is CNC1C(=O)Nc2cc(Cl)cc(Cl)c21. The van der Waals surface area contributed by atoms with E-state index >= 15 is 0 Å². The van der Waals surface area contributed by atoms with Crippen molar-refractivity contribution in [3.63, 3.8) is 0 Å². The molecule has 1 atom stereocenters. The van der Waals surface area contributed by atoms with Crippen LogP contribution in [0, 0.1) is 0 Å². The van der Waals surface area contributed by atoms with E-state index in [-0.39, 0.29) is 11.9 Å². The number of carbonyl (C=O) groups is 1. The molecule has 14 heavy (non-hydrogen) atoms. The highest BCUT2D eigenvalue weighted by Crippen LogP contribution is 2.38. The molecule has 0 aliphatic carbocycles. The van der Waals surface area contributed by atoms with Gasteiger partial charge < -0.3 is 10.6 Å². The first kappa shape index (κ1) is 9.77. The Morgan fingerprint density at radius 2 is 2.14 bits per heavy atom. The number of likely N-dealkylation sites (N-methyl/N-ethyl adjacent to an activating group) is 1. The molecule has 0 fully saturated rings. The summed E-state index contributed by atoms with van der Waals surface area (Å²) in [5.41, 5.74) is 1.45. The fourth-order valence-electron chi connectivity index (χ4n) is 1.59. The molecule has 0 radical (unpaired) electrons. The summed E-state index contributed by atoms with van der Waals surface area (Å²) in [6.45, 7) is 0. The molecule has 1 amide bonds. The van der Waals surface area contributed by atoms with Crippen molar-refractivity contribution in [1.82, 2.24) is 5.32 Å². The Hall–Kier alpha value is -0.770. The number of anilines is 1. The van der Waals surface area contributed by atoms with Crippen LogP contribution in [0.15, 0.2) is 12.1 Å². The van der Waals surface area contributed by atoms with E-state index in [9.17, 15) is 4.79 Å². The minimum absolute atomic E-state index is 0.105. The van der Waals surface area contributed by atoms with E-state index < -0.39 is 0 Å². The number of benzene rings is 1. The Labute approximate surface area is 91.4 Å². The fourth-order valence-corrected chi connectivity index (χ4v) is 2.20. The molecule has 1 heterocycles. The van der Waals surface area contributed by atoms with Crippen molar-refractivity contribution in [2.45, 2.75) is 6.04 Å². The summed E-state index contributed by atoms with van der Waals surface area (Å²) in [7, 11) is 1.71. The van der Waals surface area contributed by atoms with Crippen molar-refractivity contribution in [2.24, 2.45) is 0 Å². The molecule has 3 nitrogen and oxygen atoms in total. The van der Waals surface area contributed by atoms with Crippen molar-refractivity contribution in [3.05, 3.63) is 27.7 Å². The number of rotatable bonds is 1. The average molecular weight is 231 g/mol. The van der Waals surface area contributed by atoms with E-state index in [1.807, 2.05) is 0 Å². The van der Waals surface area contributed by atoms with E-state index in [4.69, 9.17) is 23.2 Å². The van der Waals surface area contributed by atoms with Crippen molar-refractivity contribution in [1.29, 1.82) is 0 Å². The maximum Gasteiger partial charge on any atom is 0.246 e. The largest absolute Gasteiger partial charge is 0.324 e. The minimum atomic E-state index is -0.380. The molecule has 0 saturated carbocycles. The third kappa shape index (κ3) is 1.38. The number of halogens is 2. The van der Waals surface area contributed by atoms with Gasteiger partial charge in [0.25, 0.3) is 0 Å². The standard InChI is InChI=1S/C9H8Cl2N2O/c1-12-8-7-5(11)2-4(10)3-6(7)13-9(8)14/h2-3,8,12H,1H3,(H,13,14). The molecule has 74 valence electrons. The molecule has 0 spiro atoms. The number of amides is 1. The molecule has 1 unspecified atom stereocenters. The number of fused-ring (bicyclic) bond motifs is 1. The predicted octanol–water partition coefficient (Wildman–Crippen LogP) is 2.21. The van der Waals surface area contributed by atoms with Gasteiger partial charge in [-0.3, -0.25) is 4.79 Å². The third-order valence-electron chi connectivity index (χ3n) is 2.19. The first-order valence-electron chi connectivity index (χ1n) is 4.10. The molecule has 1 aromatic rings. The van der Waals surface area contributed by atoms with Gasteiger partial charge in [0, 0.05) is 21.3 Å². The summed E-state index contributed by atoms with van der Waals surface area (Å²) in [6, 6.07) is 2.94. The maximum atomic E-state index is 11.5.